The van der Waals surface area contributed by atoms with Gasteiger partial charge in [-0.15, -0.1) is 0 Å². The molecule has 15 heteroatoms. The summed E-state index contributed by atoms with van der Waals surface area (Å²) < 4.78 is 18.9. The van der Waals surface area contributed by atoms with E-state index in [1.807, 2.05) is 0 Å². The molecule has 0 aromatic rings. The van der Waals surface area contributed by atoms with E-state index in [9.17, 15) is 28.8 Å². The number of hydrogen-bond acceptors (Lipinski definition) is 10. The van der Waals surface area contributed by atoms with Crippen LogP contribution in [0.3, 0.4) is 0 Å². The Balaban J connectivity index is 5.91. The van der Waals surface area contributed by atoms with Gasteiger partial charge in [0.1, 0.15) is 5.66 Å². The van der Waals surface area contributed by atoms with Crippen LogP contribution in [0, 0.1) is 5.92 Å². The molecule has 0 aliphatic rings. The Hall–Kier alpha value is -3.78. The summed E-state index contributed by atoms with van der Waals surface area (Å²) in [6.07, 6.45) is -2.44. The fourth-order valence-corrected chi connectivity index (χ4v) is 3.88. The van der Waals surface area contributed by atoms with Gasteiger partial charge in [0, 0.05) is 12.0 Å². The normalized spacial score (nSPS) is 12.7. The quantitative estimate of drug-likeness (QED) is 0.149. The predicted octanol–water partition coefficient (Wildman–Crippen LogP) is 2.62. The van der Waals surface area contributed by atoms with E-state index in [0.717, 1.165) is 19.1 Å². The van der Waals surface area contributed by atoms with Gasteiger partial charge in [0.25, 0.3) is 0 Å². The molecule has 236 valence electrons. The molecule has 0 radical (unpaired) electrons. The first-order valence-electron chi connectivity index (χ1n) is 12.9. The van der Waals surface area contributed by atoms with Gasteiger partial charge in [0.05, 0.1) is 45.9 Å². The van der Waals surface area contributed by atoms with Gasteiger partial charge in [0.2, 0.25) is 5.91 Å². The van der Waals surface area contributed by atoms with E-state index < -0.39 is 64.4 Å². The maximum atomic E-state index is 13.3. The molecule has 0 rings (SSSR count). The fourth-order valence-electron chi connectivity index (χ4n) is 3.88. The highest BCUT2D eigenvalue weighted by Crippen LogP contribution is 2.31. The number of methoxy groups -OCH3 is 4. The van der Waals surface area contributed by atoms with E-state index >= 15 is 0 Å². The summed E-state index contributed by atoms with van der Waals surface area (Å²) >= 11 is 0. The second-order valence-electron chi connectivity index (χ2n) is 11.6. The molecule has 1 atom stereocenters. The van der Waals surface area contributed by atoms with Crippen molar-refractivity contribution in [2.75, 3.05) is 28.4 Å². The number of hydrogen-bond donors (Lipinski definition) is 4. The number of nitrogens with one attached hydrogen (secondary N) is 4. The Morgan fingerprint density at radius 1 is 0.683 bits per heavy atom. The molecule has 1 unspecified atom stereocenters. The Kier molecular flexibility index (Phi) is 13.4. The van der Waals surface area contributed by atoms with Gasteiger partial charge in [-0.25, -0.2) is 24.1 Å². The minimum atomic E-state index is -1.38. The lowest BCUT2D eigenvalue weighted by atomic mass is 9.80. The molecule has 4 N–H and O–H groups in total. The molecule has 0 aromatic carbocycles. The second kappa shape index (κ2) is 14.7. The van der Waals surface area contributed by atoms with Crippen molar-refractivity contribution in [1.29, 1.82) is 0 Å². The summed E-state index contributed by atoms with van der Waals surface area (Å²) in [6, 6.07) is -0.903. The van der Waals surface area contributed by atoms with E-state index in [4.69, 9.17) is 9.47 Å². The van der Waals surface area contributed by atoms with Gasteiger partial charge in [-0.1, -0.05) is 0 Å². The number of imide groups is 1. The van der Waals surface area contributed by atoms with Gasteiger partial charge in [0.15, 0.2) is 0 Å². The largest absolute Gasteiger partial charge is 0.469 e. The van der Waals surface area contributed by atoms with Crippen molar-refractivity contribution < 1.29 is 47.7 Å². The van der Waals surface area contributed by atoms with Crippen molar-refractivity contribution in [3.63, 3.8) is 0 Å². The van der Waals surface area contributed by atoms with Gasteiger partial charge in [-0.05, 0) is 67.7 Å². The number of carbonyl (C=O) groups excluding carboxylic acids is 6. The lowest BCUT2D eigenvalue weighted by Crippen LogP contribution is -2.71. The van der Waals surface area contributed by atoms with Crippen LogP contribution in [0.5, 0.6) is 0 Å². The highest BCUT2D eigenvalue weighted by atomic mass is 16.6. The zero-order chi connectivity index (χ0) is 32.4. The summed E-state index contributed by atoms with van der Waals surface area (Å²) in [7, 11) is 4.73. The highest BCUT2D eigenvalue weighted by molar-refractivity contribution is 5.93. The molecule has 0 aliphatic heterocycles. The molecule has 6 amide bonds. The molecule has 0 aromatic heterocycles. The van der Waals surface area contributed by atoms with Crippen LogP contribution in [0.25, 0.3) is 0 Å². The van der Waals surface area contributed by atoms with Crippen LogP contribution >= 0.6 is 0 Å². The lowest BCUT2D eigenvalue weighted by molar-refractivity contribution is -0.142. The number of esters is 1. The number of urea groups is 1. The Bertz CT molecular complexity index is 978. The summed E-state index contributed by atoms with van der Waals surface area (Å²) in [5.41, 5.74) is -4.84. The van der Waals surface area contributed by atoms with E-state index in [-0.39, 0.29) is 19.3 Å². The van der Waals surface area contributed by atoms with Crippen LogP contribution in [0.4, 0.5) is 19.2 Å². The maximum absolute atomic E-state index is 13.3. The Morgan fingerprint density at radius 2 is 1.20 bits per heavy atom. The third-order valence-electron chi connectivity index (χ3n) is 7.11. The van der Waals surface area contributed by atoms with Gasteiger partial charge in [-0.2, -0.15) is 0 Å². The lowest BCUT2D eigenvalue weighted by Gasteiger charge is -2.48. The molecule has 0 bridgehead atoms. The zero-order valence-electron chi connectivity index (χ0n) is 26.2. The van der Waals surface area contributed by atoms with Crippen LogP contribution in [0.2, 0.25) is 0 Å². The van der Waals surface area contributed by atoms with Crippen molar-refractivity contribution in [2.45, 2.75) is 96.9 Å². The minimum Gasteiger partial charge on any atom is -0.469 e. The molecule has 0 heterocycles. The number of rotatable bonds is 12. The predicted molar refractivity (Wildman–Crippen MR) is 148 cm³/mol. The highest BCUT2D eigenvalue weighted by Gasteiger charge is 2.49. The topological polar surface area (TPSA) is 191 Å². The third-order valence-corrected chi connectivity index (χ3v) is 7.11. The molecule has 15 nitrogen and oxygen atoms in total. The van der Waals surface area contributed by atoms with E-state index in [2.05, 4.69) is 30.7 Å². The van der Waals surface area contributed by atoms with E-state index in [0.29, 0.717) is 0 Å². The first-order chi connectivity index (χ1) is 18.6. The molecule has 0 spiro atoms. The van der Waals surface area contributed by atoms with Crippen LogP contribution in [-0.2, 0) is 28.5 Å². The first kappa shape index (κ1) is 37.2. The molecule has 0 saturated heterocycles. The maximum Gasteiger partial charge on any atom is 0.418 e. The smallest absolute Gasteiger partial charge is 0.418 e. The standard InChI is InChI=1S/C26H47N5O10/c1-23(2,29-20(35)39-10)16(15-18(33)38-9)13-14-17(32)27-24(3,4)25(5,6)31(22(37)41-12)19(34)28-26(7,8)30-21(36)40-11/h16H,13-15H2,1-12H3,(H,27,32)(H,28,34)(H,29,35)(H,30,36). The monoisotopic (exact) mass is 589 g/mol. The third kappa shape index (κ3) is 11.0. The first-order valence-corrected chi connectivity index (χ1v) is 12.9. The average Bonchev–Trinajstić information content (AvgIpc) is 2.84. The zero-order valence-corrected chi connectivity index (χ0v) is 26.2. The van der Waals surface area contributed by atoms with Crippen molar-refractivity contribution in [3.05, 3.63) is 0 Å². The summed E-state index contributed by atoms with van der Waals surface area (Å²) in [6.45, 7) is 12.7. The van der Waals surface area contributed by atoms with Crippen molar-refractivity contribution in [2.24, 2.45) is 5.92 Å². The Morgan fingerprint density at radius 3 is 1.66 bits per heavy atom. The van der Waals surface area contributed by atoms with Crippen molar-refractivity contribution >= 4 is 36.2 Å². The summed E-state index contributed by atoms with van der Waals surface area (Å²) in [4.78, 5) is 75.6. The van der Waals surface area contributed by atoms with Crippen LogP contribution in [-0.4, -0.2) is 91.8 Å². The molecular weight excluding hydrogens is 542 g/mol. The van der Waals surface area contributed by atoms with Gasteiger partial charge in [-0.3, -0.25) is 14.9 Å². The average molecular weight is 590 g/mol. The molecule has 0 saturated carbocycles. The fraction of sp³-hybridized carbons (Fsp3) is 0.769. The minimum absolute atomic E-state index is 0.0616. The number of nitrogens with zero attached hydrogens (tertiary/aromatic N) is 1. The van der Waals surface area contributed by atoms with Crippen LogP contribution < -0.4 is 21.3 Å². The SMILES string of the molecule is COC(=O)CC(CCC(=O)NC(C)(C)C(C)(C)N(C(=O)NC(C)(C)NC(=O)OC)C(=O)OC)C(C)(C)NC(=O)OC. The van der Waals surface area contributed by atoms with Gasteiger partial charge < -0.3 is 34.9 Å². The molecule has 0 aliphatic carbocycles. The number of ether oxygens (including phenoxy) is 4. The number of carbonyl (C=O) groups is 6. The van der Waals surface area contributed by atoms with Crippen molar-refractivity contribution in [3.8, 4) is 0 Å². The van der Waals surface area contributed by atoms with Gasteiger partial charge >= 0.3 is 30.3 Å². The molecule has 41 heavy (non-hydrogen) atoms. The van der Waals surface area contributed by atoms with E-state index in [1.165, 1.54) is 28.1 Å². The van der Waals surface area contributed by atoms with Crippen LogP contribution in [0.1, 0.15) is 74.7 Å². The Labute approximate surface area is 241 Å². The second-order valence-corrected chi connectivity index (χ2v) is 11.6. The van der Waals surface area contributed by atoms with Crippen LogP contribution in [0.15, 0.2) is 0 Å². The van der Waals surface area contributed by atoms with Crippen molar-refractivity contribution in [1.82, 2.24) is 26.2 Å². The van der Waals surface area contributed by atoms with E-state index in [1.54, 1.807) is 41.5 Å². The number of alkyl carbamates (subject to hydrolysis) is 2. The molecule has 0 fully saturated rings. The summed E-state index contributed by atoms with van der Waals surface area (Å²) in [5.74, 6) is -1.46. The molecular formula is C26H47N5O10. The summed E-state index contributed by atoms with van der Waals surface area (Å²) in [5, 5.41) is 10.5. The number of amides is 6.